The molecule has 0 amide bonds. The third-order valence-corrected chi connectivity index (χ3v) is 2.50. The van der Waals surface area contributed by atoms with E-state index in [0.29, 0.717) is 24.1 Å². The van der Waals surface area contributed by atoms with Gasteiger partial charge in [0.25, 0.3) is 0 Å². The monoisotopic (exact) mass is 227 g/mol. The second-order valence-corrected chi connectivity index (χ2v) is 3.65. The molecule has 0 aliphatic carbocycles. The number of rotatable bonds is 4. The van der Waals surface area contributed by atoms with Gasteiger partial charge in [0.1, 0.15) is 6.33 Å². The third-order valence-electron chi connectivity index (χ3n) is 2.50. The Bertz CT molecular complexity index is 511. The molecule has 0 spiro atoms. The van der Waals surface area contributed by atoms with Gasteiger partial charge >= 0.3 is 0 Å². The number of ketones is 1. The summed E-state index contributed by atoms with van der Waals surface area (Å²) >= 11 is 0. The van der Waals surface area contributed by atoms with Gasteiger partial charge in [-0.3, -0.25) is 4.79 Å². The van der Waals surface area contributed by atoms with Crippen LogP contribution in [0, 0.1) is 0 Å². The lowest BCUT2D eigenvalue weighted by Crippen LogP contribution is -2.10. The molecule has 0 fully saturated rings. The smallest absolute Gasteiger partial charge is 0.196 e. The second kappa shape index (κ2) is 5.32. The van der Waals surface area contributed by atoms with E-state index in [4.69, 9.17) is 5.73 Å². The van der Waals surface area contributed by atoms with Gasteiger partial charge in [-0.25, -0.2) is 9.97 Å². The Morgan fingerprint density at radius 1 is 1.18 bits per heavy atom. The fourth-order valence-corrected chi connectivity index (χ4v) is 1.69. The molecule has 2 aromatic rings. The van der Waals surface area contributed by atoms with Crippen molar-refractivity contribution in [3.05, 3.63) is 59.7 Å². The fraction of sp³-hybridized carbons (Fsp3) is 0.154. The summed E-state index contributed by atoms with van der Waals surface area (Å²) in [6.45, 7) is 0.523. The van der Waals surface area contributed by atoms with Crippen molar-refractivity contribution in [1.29, 1.82) is 0 Å². The lowest BCUT2D eigenvalue weighted by molar-refractivity contribution is 0.103. The van der Waals surface area contributed by atoms with Crippen molar-refractivity contribution in [1.82, 2.24) is 9.97 Å². The van der Waals surface area contributed by atoms with Gasteiger partial charge in [0.05, 0.1) is 5.56 Å². The number of carbonyl (C=O) groups excluding carboxylic acids is 1. The maximum absolute atomic E-state index is 12.2. The normalized spacial score (nSPS) is 10.2. The van der Waals surface area contributed by atoms with E-state index >= 15 is 0 Å². The highest BCUT2D eigenvalue weighted by Gasteiger charge is 2.12. The molecule has 86 valence electrons. The van der Waals surface area contributed by atoms with Gasteiger partial charge in [-0.2, -0.15) is 0 Å². The average Bonchev–Trinajstić information content (AvgIpc) is 2.40. The standard InChI is InChI=1S/C13H13N3O/c14-6-5-10-3-1-2-4-12(10)13(17)11-7-15-9-16-8-11/h1-4,7-9H,5-6,14H2. The fourth-order valence-electron chi connectivity index (χ4n) is 1.69. The minimum Gasteiger partial charge on any atom is -0.330 e. The molecular formula is C13H13N3O. The number of nitrogens with two attached hydrogens (primary N) is 1. The first-order valence-corrected chi connectivity index (χ1v) is 5.40. The predicted molar refractivity (Wildman–Crippen MR) is 64.7 cm³/mol. The summed E-state index contributed by atoms with van der Waals surface area (Å²) in [4.78, 5) is 19.9. The summed E-state index contributed by atoms with van der Waals surface area (Å²) in [7, 11) is 0. The van der Waals surface area contributed by atoms with Crippen molar-refractivity contribution in [2.24, 2.45) is 5.73 Å². The van der Waals surface area contributed by atoms with Crippen LogP contribution in [0.5, 0.6) is 0 Å². The van der Waals surface area contributed by atoms with E-state index in [1.807, 2.05) is 18.2 Å². The highest BCUT2D eigenvalue weighted by molar-refractivity contribution is 6.09. The van der Waals surface area contributed by atoms with Crippen LogP contribution in [0.2, 0.25) is 0 Å². The average molecular weight is 227 g/mol. The molecule has 1 aromatic carbocycles. The summed E-state index contributed by atoms with van der Waals surface area (Å²) in [5, 5.41) is 0. The number of hydrogen-bond donors (Lipinski definition) is 1. The molecule has 0 aliphatic heterocycles. The van der Waals surface area contributed by atoms with Gasteiger partial charge in [0.2, 0.25) is 0 Å². The number of carbonyl (C=O) groups is 1. The molecule has 1 heterocycles. The van der Waals surface area contributed by atoms with E-state index in [1.54, 1.807) is 6.07 Å². The van der Waals surface area contributed by atoms with Crippen molar-refractivity contribution < 1.29 is 4.79 Å². The van der Waals surface area contributed by atoms with Crippen LogP contribution >= 0.6 is 0 Å². The minimum atomic E-state index is -0.0605. The van der Waals surface area contributed by atoms with Gasteiger partial charge in [-0.05, 0) is 18.5 Å². The van der Waals surface area contributed by atoms with Crippen molar-refractivity contribution in [2.45, 2.75) is 6.42 Å². The summed E-state index contributed by atoms with van der Waals surface area (Å²) < 4.78 is 0. The number of nitrogens with zero attached hydrogens (tertiary/aromatic N) is 2. The predicted octanol–water partition coefficient (Wildman–Crippen LogP) is 1.21. The molecule has 0 saturated carbocycles. The van der Waals surface area contributed by atoms with E-state index in [2.05, 4.69) is 9.97 Å². The van der Waals surface area contributed by atoms with Crippen molar-refractivity contribution >= 4 is 5.78 Å². The lowest BCUT2D eigenvalue weighted by Gasteiger charge is -2.06. The summed E-state index contributed by atoms with van der Waals surface area (Å²) in [6, 6.07) is 7.48. The van der Waals surface area contributed by atoms with Crippen LogP contribution in [0.4, 0.5) is 0 Å². The highest BCUT2D eigenvalue weighted by atomic mass is 16.1. The SMILES string of the molecule is NCCc1ccccc1C(=O)c1cncnc1. The minimum absolute atomic E-state index is 0.0605. The van der Waals surface area contributed by atoms with Gasteiger partial charge in [-0.15, -0.1) is 0 Å². The first-order valence-electron chi connectivity index (χ1n) is 5.40. The second-order valence-electron chi connectivity index (χ2n) is 3.65. The summed E-state index contributed by atoms with van der Waals surface area (Å²) in [5.74, 6) is -0.0605. The molecule has 4 nitrogen and oxygen atoms in total. The van der Waals surface area contributed by atoms with Crippen LogP contribution < -0.4 is 5.73 Å². The van der Waals surface area contributed by atoms with Crippen LogP contribution in [0.3, 0.4) is 0 Å². The largest absolute Gasteiger partial charge is 0.330 e. The zero-order valence-electron chi connectivity index (χ0n) is 9.34. The molecule has 0 radical (unpaired) electrons. The van der Waals surface area contributed by atoms with Gasteiger partial charge in [0.15, 0.2) is 5.78 Å². The molecule has 2 rings (SSSR count). The van der Waals surface area contributed by atoms with Crippen LogP contribution in [0.25, 0.3) is 0 Å². The molecule has 4 heteroatoms. The Morgan fingerprint density at radius 3 is 2.59 bits per heavy atom. The summed E-state index contributed by atoms with van der Waals surface area (Å²) in [5.41, 5.74) is 7.67. The molecule has 1 aromatic heterocycles. The topological polar surface area (TPSA) is 68.9 Å². The van der Waals surface area contributed by atoms with Crippen LogP contribution in [-0.4, -0.2) is 22.3 Å². The maximum Gasteiger partial charge on any atom is 0.196 e. The first-order chi connectivity index (χ1) is 8.33. The summed E-state index contributed by atoms with van der Waals surface area (Å²) in [6.07, 6.45) is 5.14. The van der Waals surface area contributed by atoms with Gasteiger partial charge in [0, 0.05) is 18.0 Å². The zero-order valence-corrected chi connectivity index (χ0v) is 9.34. The van der Waals surface area contributed by atoms with E-state index in [9.17, 15) is 4.79 Å². The molecule has 2 N–H and O–H groups in total. The number of benzene rings is 1. The molecule has 17 heavy (non-hydrogen) atoms. The van der Waals surface area contributed by atoms with Crippen molar-refractivity contribution in [3.8, 4) is 0 Å². The molecule has 0 unspecified atom stereocenters. The molecule has 0 aliphatic rings. The number of aromatic nitrogens is 2. The molecule has 0 saturated heterocycles. The Labute approximate surface area is 99.5 Å². The first kappa shape index (κ1) is 11.4. The maximum atomic E-state index is 12.2. The Balaban J connectivity index is 2.37. The lowest BCUT2D eigenvalue weighted by atomic mass is 9.98. The van der Waals surface area contributed by atoms with Gasteiger partial charge < -0.3 is 5.73 Å². The Hall–Kier alpha value is -2.07. The van der Waals surface area contributed by atoms with Crippen LogP contribution in [-0.2, 0) is 6.42 Å². The van der Waals surface area contributed by atoms with E-state index in [0.717, 1.165) is 5.56 Å². The van der Waals surface area contributed by atoms with E-state index in [-0.39, 0.29) is 5.78 Å². The van der Waals surface area contributed by atoms with E-state index in [1.165, 1.54) is 18.7 Å². The highest BCUT2D eigenvalue weighted by Crippen LogP contribution is 2.13. The quantitative estimate of drug-likeness (QED) is 0.797. The van der Waals surface area contributed by atoms with Crippen molar-refractivity contribution in [2.75, 3.05) is 6.54 Å². The van der Waals surface area contributed by atoms with Crippen LogP contribution in [0.15, 0.2) is 43.0 Å². The number of hydrogen-bond acceptors (Lipinski definition) is 4. The molecular weight excluding hydrogens is 214 g/mol. The molecule has 0 atom stereocenters. The third kappa shape index (κ3) is 2.54. The van der Waals surface area contributed by atoms with Crippen molar-refractivity contribution in [3.63, 3.8) is 0 Å². The zero-order chi connectivity index (χ0) is 12.1. The Morgan fingerprint density at radius 2 is 1.88 bits per heavy atom. The van der Waals surface area contributed by atoms with E-state index < -0.39 is 0 Å². The Kier molecular flexibility index (Phi) is 3.57. The van der Waals surface area contributed by atoms with Gasteiger partial charge in [-0.1, -0.05) is 24.3 Å². The molecule has 0 bridgehead atoms. The van der Waals surface area contributed by atoms with Crippen LogP contribution in [0.1, 0.15) is 21.5 Å².